The fourth-order valence-electron chi connectivity index (χ4n) is 3.66. The number of fused-ring (bicyclic) bond motifs is 1. The largest absolute Gasteiger partial charge is 0.404 e. The summed E-state index contributed by atoms with van der Waals surface area (Å²) >= 11 is 0. The Morgan fingerprint density at radius 1 is 1.48 bits per heavy atom. The second-order valence-electron chi connectivity index (χ2n) is 6.38. The van der Waals surface area contributed by atoms with Gasteiger partial charge in [-0.05, 0) is 62.4 Å². The Labute approximate surface area is 136 Å². The van der Waals surface area contributed by atoms with Crippen LogP contribution in [0.2, 0.25) is 0 Å². The summed E-state index contributed by atoms with van der Waals surface area (Å²) in [7, 11) is 0. The first-order chi connectivity index (χ1) is 11.0. The van der Waals surface area contributed by atoms with E-state index < -0.39 is 6.10 Å². The van der Waals surface area contributed by atoms with Gasteiger partial charge >= 0.3 is 0 Å². The average molecular weight is 317 g/mol. The van der Waals surface area contributed by atoms with Gasteiger partial charge in [-0.3, -0.25) is 0 Å². The number of aliphatic hydroxyl groups is 1. The molecule has 0 spiro atoms. The number of β-amino-alcohol motifs (C(OH)–C–C–N with tert-alkyl or cyclic N) is 1. The van der Waals surface area contributed by atoms with Gasteiger partial charge in [-0.1, -0.05) is 6.08 Å². The number of nitrogens with zero attached hydrogens (tertiary/aromatic N) is 1. The van der Waals surface area contributed by atoms with Gasteiger partial charge in [0, 0.05) is 17.8 Å². The highest BCUT2D eigenvalue weighted by Gasteiger charge is 2.39. The number of piperidine rings is 1. The van der Waals surface area contributed by atoms with Crippen molar-refractivity contribution >= 4 is 11.3 Å². The van der Waals surface area contributed by atoms with Crippen molar-refractivity contribution in [2.24, 2.45) is 5.73 Å². The number of aliphatic hydroxyl groups excluding tert-OH is 1. The number of allylic oxidation sites excluding steroid dienone is 2. The molecule has 0 radical (unpaired) electrons. The van der Waals surface area contributed by atoms with Crippen LogP contribution < -0.4 is 16.0 Å². The number of nitrogens with one attached hydrogen (secondary N) is 1. The smallest absolute Gasteiger partial charge is 0.123 e. The Bertz CT molecular complexity index is 656. The summed E-state index contributed by atoms with van der Waals surface area (Å²) in [6.45, 7) is 5.50. The van der Waals surface area contributed by atoms with Gasteiger partial charge in [0.25, 0.3) is 0 Å². The first kappa shape index (κ1) is 16.0. The van der Waals surface area contributed by atoms with Gasteiger partial charge in [-0.25, -0.2) is 4.39 Å². The molecule has 0 amide bonds. The normalized spacial score (nSPS) is 29.9. The standard InChI is InChI=1S/C18H24FN3O/c1-11(9-20)7-14-12(2)22(17-5-6-21-10-18(17)23)16-4-3-13(19)8-15(14)16/h3-4,7-9,12,17-18,21,23H,5-6,10,20H2,1-2H3/b11-9-,14-7+/t12?,17-,18-/m1/s1. The van der Waals surface area contributed by atoms with Crippen LogP contribution in [0.25, 0.3) is 5.57 Å². The monoisotopic (exact) mass is 317 g/mol. The van der Waals surface area contributed by atoms with Gasteiger partial charge in [0.2, 0.25) is 0 Å². The molecule has 4 N–H and O–H groups in total. The Morgan fingerprint density at radius 2 is 2.26 bits per heavy atom. The highest BCUT2D eigenvalue weighted by Crippen LogP contribution is 2.43. The molecule has 4 nitrogen and oxygen atoms in total. The van der Waals surface area contributed by atoms with Crippen LogP contribution in [0.3, 0.4) is 0 Å². The van der Waals surface area contributed by atoms with Crippen molar-refractivity contribution in [3.63, 3.8) is 0 Å². The SMILES string of the molecule is CC(=C/N)/C=C1/c2cc(F)ccc2N([C@@H]2CCNC[C@H]2O)C1C. The van der Waals surface area contributed by atoms with E-state index in [9.17, 15) is 9.50 Å². The molecule has 0 aliphatic carbocycles. The lowest BCUT2D eigenvalue weighted by Crippen LogP contribution is -2.54. The summed E-state index contributed by atoms with van der Waals surface area (Å²) in [5, 5.41) is 13.6. The third-order valence-electron chi connectivity index (χ3n) is 4.83. The lowest BCUT2D eigenvalue weighted by molar-refractivity contribution is 0.115. The van der Waals surface area contributed by atoms with E-state index in [2.05, 4.69) is 17.1 Å². The Hall–Kier alpha value is -1.85. The molecule has 5 heteroatoms. The minimum atomic E-state index is -0.436. The molecule has 1 saturated heterocycles. The molecule has 1 unspecified atom stereocenters. The van der Waals surface area contributed by atoms with Crippen LogP contribution in [-0.4, -0.2) is 36.4 Å². The summed E-state index contributed by atoms with van der Waals surface area (Å²) in [4.78, 5) is 2.23. The van der Waals surface area contributed by atoms with Crippen molar-refractivity contribution in [2.45, 2.75) is 38.5 Å². The summed E-state index contributed by atoms with van der Waals surface area (Å²) in [5.74, 6) is -0.246. The molecule has 0 saturated carbocycles. The van der Waals surface area contributed by atoms with Crippen molar-refractivity contribution in [1.82, 2.24) is 5.32 Å². The molecule has 124 valence electrons. The third-order valence-corrected chi connectivity index (χ3v) is 4.83. The molecule has 3 atom stereocenters. The Morgan fingerprint density at radius 3 is 2.96 bits per heavy atom. The van der Waals surface area contributed by atoms with Gasteiger partial charge in [0.15, 0.2) is 0 Å². The van der Waals surface area contributed by atoms with Crippen LogP contribution in [0.4, 0.5) is 10.1 Å². The van der Waals surface area contributed by atoms with E-state index in [1.165, 1.54) is 6.07 Å². The Kier molecular flexibility index (Phi) is 4.41. The number of nitrogens with two attached hydrogens (primary N) is 1. The van der Waals surface area contributed by atoms with Crippen molar-refractivity contribution in [1.29, 1.82) is 0 Å². The number of hydrogen-bond acceptors (Lipinski definition) is 4. The summed E-state index contributed by atoms with van der Waals surface area (Å²) in [6.07, 6.45) is 3.99. The van der Waals surface area contributed by atoms with Crippen LogP contribution in [0.5, 0.6) is 0 Å². The minimum absolute atomic E-state index is 0.0310. The highest BCUT2D eigenvalue weighted by molar-refractivity contribution is 5.89. The fraction of sp³-hybridized carbons (Fsp3) is 0.444. The van der Waals surface area contributed by atoms with Gasteiger partial charge < -0.3 is 21.1 Å². The number of hydrogen-bond donors (Lipinski definition) is 3. The van der Waals surface area contributed by atoms with Crippen molar-refractivity contribution in [3.05, 3.63) is 47.4 Å². The number of benzene rings is 1. The van der Waals surface area contributed by atoms with E-state index in [4.69, 9.17) is 5.73 Å². The first-order valence-corrected chi connectivity index (χ1v) is 8.10. The number of halogens is 1. The molecular formula is C18H24FN3O. The summed E-state index contributed by atoms with van der Waals surface area (Å²) in [5.41, 5.74) is 9.47. The predicted molar refractivity (Wildman–Crippen MR) is 91.5 cm³/mol. The molecule has 1 aromatic rings. The molecule has 1 fully saturated rings. The third kappa shape index (κ3) is 2.86. The van der Waals surface area contributed by atoms with Crippen molar-refractivity contribution < 1.29 is 9.50 Å². The van der Waals surface area contributed by atoms with E-state index in [0.29, 0.717) is 6.54 Å². The molecule has 3 rings (SSSR count). The zero-order chi connectivity index (χ0) is 16.6. The molecular weight excluding hydrogens is 293 g/mol. The van der Waals surface area contributed by atoms with Crippen LogP contribution in [-0.2, 0) is 0 Å². The van der Waals surface area contributed by atoms with E-state index in [1.54, 1.807) is 12.3 Å². The zero-order valence-electron chi connectivity index (χ0n) is 13.6. The van der Waals surface area contributed by atoms with Gasteiger partial charge in [0.1, 0.15) is 5.82 Å². The highest BCUT2D eigenvalue weighted by atomic mass is 19.1. The van der Waals surface area contributed by atoms with Gasteiger partial charge in [0.05, 0.1) is 18.2 Å². The molecule has 1 aromatic carbocycles. The maximum absolute atomic E-state index is 13.8. The second-order valence-corrected chi connectivity index (χ2v) is 6.38. The first-order valence-electron chi connectivity index (χ1n) is 8.10. The second kappa shape index (κ2) is 6.34. The van der Waals surface area contributed by atoms with Gasteiger partial charge in [-0.15, -0.1) is 0 Å². The van der Waals surface area contributed by atoms with Crippen LogP contribution in [0, 0.1) is 5.82 Å². The molecule has 2 heterocycles. The van der Waals surface area contributed by atoms with E-state index in [1.807, 2.05) is 19.1 Å². The quantitative estimate of drug-likeness (QED) is 0.781. The fourth-order valence-corrected chi connectivity index (χ4v) is 3.66. The molecule has 23 heavy (non-hydrogen) atoms. The van der Waals surface area contributed by atoms with Gasteiger partial charge in [-0.2, -0.15) is 0 Å². The molecule has 0 aromatic heterocycles. The zero-order valence-corrected chi connectivity index (χ0v) is 13.6. The maximum atomic E-state index is 13.8. The molecule has 2 aliphatic rings. The van der Waals surface area contributed by atoms with Crippen LogP contribution in [0.1, 0.15) is 25.8 Å². The molecule has 0 bridgehead atoms. The number of anilines is 1. The van der Waals surface area contributed by atoms with E-state index in [-0.39, 0.29) is 17.9 Å². The van der Waals surface area contributed by atoms with E-state index >= 15 is 0 Å². The Balaban J connectivity index is 2.07. The lowest BCUT2D eigenvalue weighted by Gasteiger charge is -2.40. The van der Waals surface area contributed by atoms with Crippen LogP contribution >= 0.6 is 0 Å². The number of rotatable bonds is 2. The van der Waals surface area contributed by atoms with Crippen LogP contribution in [0.15, 0.2) is 36.0 Å². The van der Waals surface area contributed by atoms with E-state index in [0.717, 1.165) is 35.4 Å². The summed E-state index contributed by atoms with van der Waals surface area (Å²) < 4.78 is 13.8. The topological polar surface area (TPSA) is 61.5 Å². The minimum Gasteiger partial charge on any atom is -0.404 e. The van der Waals surface area contributed by atoms with Crippen molar-refractivity contribution in [2.75, 3.05) is 18.0 Å². The summed E-state index contributed by atoms with van der Waals surface area (Å²) in [6, 6.07) is 4.98. The van der Waals surface area contributed by atoms with Crippen molar-refractivity contribution in [3.8, 4) is 0 Å². The maximum Gasteiger partial charge on any atom is 0.123 e. The molecule has 2 aliphatic heterocycles. The average Bonchev–Trinajstić information content (AvgIpc) is 2.80. The predicted octanol–water partition coefficient (Wildman–Crippen LogP) is 2.00. The lowest BCUT2D eigenvalue weighted by atomic mass is 9.99.